The van der Waals surface area contributed by atoms with Gasteiger partial charge in [0.05, 0.1) is 24.5 Å². The second kappa shape index (κ2) is 24.6. The van der Waals surface area contributed by atoms with Gasteiger partial charge in [-0.3, -0.25) is 14.4 Å². The Balaban J connectivity index is 0.757. The Labute approximate surface area is 428 Å². The van der Waals surface area contributed by atoms with Gasteiger partial charge in [-0.25, -0.2) is 14.8 Å². The first kappa shape index (κ1) is 54.4. The number of carbonyl (C=O) groups excluding carboxylic acids is 3. The minimum Gasteiger partial charge on any atom is -0.481 e. The summed E-state index contributed by atoms with van der Waals surface area (Å²) in [6.07, 6.45) is 24.1. The molecule has 2 aromatic heterocycles. The van der Waals surface area contributed by atoms with E-state index < -0.39 is 17.9 Å². The molecule has 0 bridgehead atoms. The highest BCUT2D eigenvalue weighted by molar-refractivity contribution is 5.98. The van der Waals surface area contributed by atoms with Gasteiger partial charge in [0.15, 0.2) is 22.8 Å². The van der Waals surface area contributed by atoms with E-state index in [0.29, 0.717) is 47.3 Å². The first-order chi connectivity index (χ1) is 34.4. The summed E-state index contributed by atoms with van der Waals surface area (Å²) in [5.41, 5.74) is 16.4. The molecule has 3 saturated carbocycles. The number of Topliss-reactive ketones (excluding diaryl/α,β-unsaturated/α-hetero) is 1. The number of carboxylic acids is 1. The number of alkyl carbamates (subject to hydrolysis) is 1. The number of aromatic nitrogens is 4. The molecule has 15 heteroatoms. The number of carboxylic acid groups (broad SMARTS) is 1. The smallest absolute Gasteiger partial charge is 0.407 e. The van der Waals surface area contributed by atoms with E-state index in [1.807, 2.05) is 11.9 Å². The maximum absolute atomic E-state index is 13.3. The zero-order valence-corrected chi connectivity index (χ0v) is 44.2. The fourth-order valence-electron chi connectivity index (χ4n) is 13.7. The first-order valence-electron chi connectivity index (χ1n) is 27.5. The molecule has 3 fully saturated rings. The van der Waals surface area contributed by atoms with Gasteiger partial charge in [-0.15, -0.1) is 0 Å². The molecule has 72 heavy (non-hydrogen) atoms. The molecule has 0 spiro atoms. The van der Waals surface area contributed by atoms with E-state index in [9.17, 15) is 24.3 Å². The number of ether oxygens (including phenoxy) is 1. The van der Waals surface area contributed by atoms with Crippen molar-refractivity contribution in [3.63, 3.8) is 0 Å². The number of anilines is 3. The number of nitrogen functional groups attached to an aromatic ring is 2. The fraction of sp³-hybridized carbons (Fsp3) is 0.684. The summed E-state index contributed by atoms with van der Waals surface area (Å²) in [7, 11) is 1.87. The Hall–Kier alpha value is -5.34. The number of aliphatic carboxylic acids is 1. The van der Waals surface area contributed by atoms with Gasteiger partial charge in [-0.2, -0.15) is 9.97 Å². The standard InChI is InChI=1S/C57H85N9O6/c1-36(2)15-14-16-37(3)44-24-25-45-43-23-20-39-33-42(28-30-56(39,4)46(43)29-31-57(44,45)5)72-55(71)60-32-13-11-9-7-8-10-12-17-48(67)47(26-27-49(68)69)63-53(70)38-18-21-41(22-19-38)66(6)35-40-34-61-52-50(62-40)51(58)64-54(59)65-52/h18-22,34,36-37,42-47H,7-17,23-33,35H2,1-6H3,(H,60,71)(H,63,70)(H,68,69)(H4,58,59,61,64,65)/t37-,42+,43+,44-,45+,46+,47+,56+,57-/m1/s1. The summed E-state index contributed by atoms with van der Waals surface area (Å²) in [5, 5.41) is 15.2. The van der Waals surface area contributed by atoms with E-state index >= 15 is 0 Å². The third kappa shape index (κ3) is 13.4. The van der Waals surface area contributed by atoms with Crippen molar-refractivity contribution in [2.45, 2.75) is 188 Å². The molecule has 4 aliphatic carbocycles. The quantitative estimate of drug-likeness (QED) is 0.0393. The SMILES string of the molecule is CC(C)CCC[C@@H](C)[C@H]1CC[C@H]2[C@@H]3CC=C4C[C@@H](OC(=O)NCCCCCCCCCC(=O)[C@H](CCC(=O)O)NC(=O)c5ccc(N(C)Cc6cnc7nc(N)nc(N)c7n6)cc5)CC[C@]4(C)[C@H]3CC[C@]12C. The molecule has 9 atom stereocenters. The molecule has 15 nitrogen and oxygen atoms in total. The zero-order valence-electron chi connectivity index (χ0n) is 44.2. The predicted molar refractivity (Wildman–Crippen MR) is 284 cm³/mol. The molecule has 4 aliphatic rings. The van der Waals surface area contributed by atoms with Crippen LogP contribution in [-0.2, 0) is 20.9 Å². The van der Waals surface area contributed by atoms with E-state index in [0.717, 1.165) is 99.0 Å². The van der Waals surface area contributed by atoms with Crippen LogP contribution in [0.2, 0.25) is 0 Å². The van der Waals surface area contributed by atoms with Gasteiger partial charge in [0, 0.05) is 44.1 Å². The number of allylic oxidation sites excluding steroid dienone is 1. The summed E-state index contributed by atoms with van der Waals surface area (Å²) < 4.78 is 6.03. The van der Waals surface area contributed by atoms with Gasteiger partial charge < -0.3 is 36.8 Å². The molecule has 3 aromatic rings. The topological polar surface area (TPSA) is 229 Å². The molecule has 1 aromatic carbocycles. The number of benzene rings is 1. The van der Waals surface area contributed by atoms with Crippen molar-refractivity contribution in [1.29, 1.82) is 0 Å². The Morgan fingerprint density at radius 2 is 1.58 bits per heavy atom. The highest BCUT2D eigenvalue weighted by Crippen LogP contribution is 2.67. The Morgan fingerprint density at radius 3 is 2.32 bits per heavy atom. The van der Waals surface area contributed by atoms with Crippen LogP contribution in [-0.4, -0.2) is 74.5 Å². The van der Waals surface area contributed by atoms with Gasteiger partial charge in [0.25, 0.3) is 5.91 Å². The molecule has 0 saturated heterocycles. The maximum atomic E-state index is 13.3. The number of rotatable bonds is 25. The van der Waals surface area contributed by atoms with E-state index in [1.165, 1.54) is 51.4 Å². The van der Waals surface area contributed by atoms with Gasteiger partial charge >= 0.3 is 12.1 Å². The lowest BCUT2D eigenvalue weighted by atomic mass is 9.47. The largest absolute Gasteiger partial charge is 0.481 e. The maximum Gasteiger partial charge on any atom is 0.407 e. The molecule has 2 amide bonds. The monoisotopic (exact) mass is 992 g/mol. The van der Waals surface area contributed by atoms with E-state index in [-0.39, 0.29) is 54.4 Å². The minimum absolute atomic E-state index is 0.0229. The van der Waals surface area contributed by atoms with Crippen LogP contribution in [0.1, 0.15) is 186 Å². The summed E-state index contributed by atoms with van der Waals surface area (Å²) in [5.74, 6) is 3.43. The molecule has 394 valence electrons. The number of fused-ring (bicyclic) bond motifs is 6. The van der Waals surface area contributed by atoms with Crippen LogP contribution in [0, 0.1) is 46.3 Å². The third-order valence-electron chi connectivity index (χ3n) is 17.7. The second-order valence-electron chi connectivity index (χ2n) is 23.0. The molecule has 0 aliphatic heterocycles. The van der Waals surface area contributed by atoms with Crippen LogP contribution in [0.25, 0.3) is 11.2 Å². The van der Waals surface area contributed by atoms with E-state index in [1.54, 1.807) is 36.0 Å². The summed E-state index contributed by atoms with van der Waals surface area (Å²) >= 11 is 0. The molecule has 0 radical (unpaired) electrons. The van der Waals surface area contributed by atoms with Crippen molar-refractivity contribution in [3.05, 3.63) is 53.4 Å². The molecule has 7 rings (SSSR count). The van der Waals surface area contributed by atoms with Crippen LogP contribution in [0.3, 0.4) is 0 Å². The first-order valence-corrected chi connectivity index (χ1v) is 27.5. The van der Waals surface area contributed by atoms with Crippen molar-refractivity contribution < 1.29 is 29.0 Å². The fourth-order valence-corrected chi connectivity index (χ4v) is 13.7. The number of unbranched alkanes of at least 4 members (excludes halogenated alkanes) is 6. The highest BCUT2D eigenvalue weighted by atomic mass is 16.6. The highest BCUT2D eigenvalue weighted by Gasteiger charge is 2.59. The van der Waals surface area contributed by atoms with Crippen LogP contribution < -0.4 is 27.0 Å². The van der Waals surface area contributed by atoms with Gasteiger partial charge in [-0.05, 0) is 135 Å². The van der Waals surface area contributed by atoms with Crippen LogP contribution in [0.4, 0.5) is 22.2 Å². The van der Waals surface area contributed by atoms with Crippen LogP contribution in [0.15, 0.2) is 42.1 Å². The molecule has 2 heterocycles. The van der Waals surface area contributed by atoms with Crippen molar-refractivity contribution in [1.82, 2.24) is 30.6 Å². The zero-order chi connectivity index (χ0) is 51.6. The van der Waals surface area contributed by atoms with Crippen LogP contribution >= 0.6 is 0 Å². The number of hydrogen-bond acceptors (Lipinski definition) is 12. The number of nitrogens with zero attached hydrogens (tertiary/aromatic N) is 5. The van der Waals surface area contributed by atoms with Crippen molar-refractivity contribution >= 4 is 52.4 Å². The summed E-state index contributed by atoms with van der Waals surface area (Å²) in [6, 6.07) is 6.01. The van der Waals surface area contributed by atoms with Gasteiger partial charge in [0.2, 0.25) is 5.95 Å². The van der Waals surface area contributed by atoms with Crippen molar-refractivity contribution in [3.8, 4) is 0 Å². The lowest BCUT2D eigenvalue weighted by molar-refractivity contribution is -0.137. The number of nitrogens with two attached hydrogens (primary N) is 2. The molecular weight excluding hydrogens is 907 g/mol. The van der Waals surface area contributed by atoms with E-state index in [2.05, 4.69) is 71.3 Å². The Morgan fingerprint density at radius 1 is 0.847 bits per heavy atom. The molecular formula is C57H85N9O6. The van der Waals surface area contributed by atoms with Gasteiger partial charge in [-0.1, -0.05) is 97.6 Å². The average molecular weight is 992 g/mol. The Bertz CT molecular complexity index is 2380. The van der Waals surface area contributed by atoms with E-state index in [4.69, 9.17) is 16.2 Å². The number of ketones is 1. The molecule has 0 unspecified atom stereocenters. The van der Waals surface area contributed by atoms with Crippen molar-refractivity contribution in [2.75, 3.05) is 30.0 Å². The normalized spacial score (nSPS) is 25.4. The number of nitrogens with one attached hydrogen (secondary N) is 2. The lowest BCUT2D eigenvalue weighted by Gasteiger charge is -2.58. The van der Waals surface area contributed by atoms with Crippen LogP contribution in [0.5, 0.6) is 0 Å². The minimum atomic E-state index is -1.02. The third-order valence-corrected chi connectivity index (χ3v) is 17.7. The summed E-state index contributed by atoms with van der Waals surface area (Å²) in [4.78, 5) is 69.7. The number of amides is 2. The number of hydrogen-bond donors (Lipinski definition) is 5. The predicted octanol–water partition coefficient (Wildman–Crippen LogP) is 11.0. The molecule has 7 N–H and O–H groups in total. The van der Waals surface area contributed by atoms with Crippen molar-refractivity contribution in [2.24, 2.45) is 46.3 Å². The second-order valence-corrected chi connectivity index (χ2v) is 23.0. The lowest BCUT2D eigenvalue weighted by Crippen LogP contribution is -2.51. The average Bonchev–Trinajstić information content (AvgIpc) is 3.70. The van der Waals surface area contributed by atoms with Gasteiger partial charge in [0.1, 0.15) is 6.10 Å². The summed E-state index contributed by atoms with van der Waals surface area (Å²) in [6.45, 7) is 13.5. The number of carbonyl (C=O) groups is 4. The Kier molecular flexibility index (Phi) is 18.6.